The molecule has 1 N–H and O–H groups in total. The van der Waals surface area contributed by atoms with Crippen LogP contribution in [0, 0.1) is 35.7 Å². The van der Waals surface area contributed by atoms with E-state index in [1.807, 2.05) is 0 Å². The van der Waals surface area contributed by atoms with E-state index in [1.54, 1.807) is 26.2 Å². The molecule has 0 amide bonds. The zero-order valence-electron chi connectivity index (χ0n) is 19.9. The van der Waals surface area contributed by atoms with Crippen LogP contribution >= 0.6 is 0 Å². The summed E-state index contributed by atoms with van der Waals surface area (Å²) in [7, 11) is 1.67. The topological polar surface area (TPSA) is 123 Å². The molecular weight excluding hydrogens is 501 g/mol. The summed E-state index contributed by atoms with van der Waals surface area (Å²) >= 11 is 0. The number of nitrogens with one attached hydrogen (secondary N) is 1. The average molecular weight is 518 g/mol. The summed E-state index contributed by atoms with van der Waals surface area (Å²) in [5.41, 5.74) is -1.37. The van der Waals surface area contributed by atoms with Crippen molar-refractivity contribution in [2.24, 2.45) is 7.05 Å². The van der Waals surface area contributed by atoms with Gasteiger partial charge in [0.25, 0.3) is 0 Å². The number of anilines is 2. The van der Waals surface area contributed by atoms with Gasteiger partial charge in [-0.25, -0.2) is 27.3 Å². The van der Waals surface area contributed by atoms with Gasteiger partial charge in [0.15, 0.2) is 11.6 Å². The van der Waals surface area contributed by atoms with Crippen LogP contribution in [0.15, 0.2) is 58.5 Å². The van der Waals surface area contributed by atoms with Gasteiger partial charge in [0.1, 0.15) is 11.9 Å². The molecule has 190 valence electrons. The molecule has 0 bridgehead atoms. The van der Waals surface area contributed by atoms with E-state index < -0.39 is 40.9 Å². The fraction of sp³-hybridized carbons (Fsp3) is 0.120. The van der Waals surface area contributed by atoms with E-state index in [4.69, 9.17) is 5.26 Å². The van der Waals surface area contributed by atoms with Gasteiger partial charge in [-0.1, -0.05) is 0 Å². The quantitative estimate of drug-likeness (QED) is 0.379. The van der Waals surface area contributed by atoms with Crippen LogP contribution in [0.4, 0.5) is 24.8 Å². The van der Waals surface area contributed by atoms with Crippen molar-refractivity contribution < 1.29 is 13.2 Å². The molecule has 0 aliphatic rings. The minimum absolute atomic E-state index is 0.0307. The lowest BCUT2D eigenvalue weighted by atomic mass is 10.1. The Labute approximate surface area is 211 Å². The number of hydrogen-bond donors (Lipinski definition) is 1. The number of hydrogen-bond acceptors (Lipinski definition) is 7. The summed E-state index contributed by atoms with van der Waals surface area (Å²) in [4.78, 5) is 34.5. The molecule has 5 rings (SSSR count). The minimum Gasteiger partial charge on any atom is -0.323 e. The van der Waals surface area contributed by atoms with Crippen LogP contribution < -0.4 is 16.7 Å². The summed E-state index contributed by atoms with van der Waals surface area (Å²) < 4.78 is 46.2. The smallest absolute Gasteiger partial charge is 0.323 e. The van der Waals surface area contributed by atoms with E-state index in [2.05, 4.69) is 20.4 Å². The number of nitrogens with zero attached hydrogens (tertiary/aromatic N) is 7. The molecule has 0 saturated carbocycles. The number of pyridine rings is 1. The molecule has 5 aromatic rings. The molecule has 0 unspecified atom stereocenters. The second kappa shape index (κ2) is 9.32. The third kappa shape index (κ3) is 4.39. The van der Waals surface area contributed by atoms with Crippen molar-refractivity contribution in [1.82, 2.24) is 28.9 Å². The Morgan fingerprint density at radius 2 is 1.84 bits per heavy atom. The molecule has 3 aromatic heterocycles. The van der Waals surface area contributed by atoms with Crippen molar-refractivity contribution in [2.45, 2.75) is 13.5 Å². The highest BCUT2D eigenvalue weighted by Crippen LogP contribution is 2.25. The van der Waals surface area contributed by atoms with E-state index in [0.29, 0.717) is 16.5 Å². The van der Waals surface area contributed by atoms with Crippen molar-refractivity contribution in [3.63, 3.8) is 0 Å². The Bertz CT molecular complexity index is 1900. The van der Waals surface area contributed by atoms with Gasteiger partial charge in [-0.15, -0.1) is 0 Å². The van der Waals surface area contributed by atoms with Crippen LogP contribution in [0.25, 0.3) is 16.6 Å². The number of fused-ring (bicyclic) bond motifs is 1. The second-order valence-electron chi connectivity index (χ2n) is 8.51. The minimum atomic E-state index is -1.33. The third-order valence-electron chi connectivity index (χ3n) is 5.69. The summed E-state index contributed by atoms with van der Waals surface area (Å²) in [5, 5.41) is 16.5. The molecule has 0 atom stereocenters. The van der Waals surface area contributed by atoms with Crippen molar-refractivity contribution >= 4 is 22.5 Å². The monoisotopic (exact) mass is 518 g/mol. The molecule has 38 heavy (non-hydrogen) atoms. The number of nitriles is 1. The summed E-state index contributed by atoms with van der Waals surface area (Å²) in [6.45, 7) is 1.28. The molecule has 2 aromatic carbocycles. The normalized spacial score (nSPS) is 11.1. The molecule has 10 nitrogen and oxygen atoms in total. The number of aryl methyl sites for hydroxylation is 2. The van der Waals surface area contributed by atoms with E-state index in [0.717, 1.165) is 21.3 Å². The van der Waals surface area contributed by atoms with E-state index in [1.165, 1.54) is 35.3 Å². The zero-order chi connectivity index (χ0) is 27.1. The summed E-state index contributed by atoms with van der Waals surface area (Å²) in [5.74, 6) is -3.72. The first-order valence-corrected chi connectivity index (χ1v) is 11.1. The number of aromatic nitrogens is 6. The van der Waals surface area contributed by atoms with Gasteiger partial charge in [0.2, 0.25) is 5.95 Å². The van der Waals surface area contributed by atoms with Gasteiger partial charge < -0.3 is 5.32 Å². The molecular formula is C25H17F3N8O2. The fourth-order valence-corrected chi connectivity index (χ4v) is 4.00. The first-order valence-electron chi connectivity index (χ1n) is 11.1. The largest absolute Gasteiger partial charge is 0.359 e. The van der Waals surface area contributed by atoms with E-state index in [9.17, 15) is 22.8 Å². The number of halogens is 3. The maximum atomic E-state index is 14.9. The van der Waals surface area contributed by atoms with Crippen LogP contribution in [0.5, 0.6) is 0 Å². The Hall–Kier alpha value is -5.25. The fourth-order valence-electron chi connectivity index (χ4n) is 4.00. The molecule has 13 heteroatoms. The van der Waals surface area contributed by atoms with E-state index in [-0.39, 0.29) is 22.9 Å². The van der Waals surface area contributed by atoms with Crippen LogP contribution in [0.2, 0.25) is 0 Å². The first kappa shape index (κ1) is 24.4. The molecule has 0 spiro atoms. The van der Waals surface area contributed by atoms with Crippen LogP contribution in [-0.4, -0.2) is 28.9 Å². The van der Waals surface area contributed by atoms with Crippen molar-refractivity contribution in [2.75, 3.05) is 5.32 Å². The predicted octanol–water partition coefficient (Wildman–Crippen LogP) is 3.07. The van der Waals surface area contributed by atoms with Crippen LogP contribution in [-0.2, 0) is 13.6 Å². The molecule has 3 heterocycles. The zero-order valence-corrected chi connectivity index (χ0v) is 19.9. The lowest BCUT2D eigenvalue weighted by Crippen LogP contribution is -2.41. The Kier molecular flexibility index (Phi) is 6.00. The van der Waals surface area contributed by atoms with E-state index >= 15 is 0 Å². The average Bonchev–Trinajstić information content (AvgIpc) is 3.22. The SMILES string of the molecule is Cc1cncc(-n2c(=O)nc(Nc3cc4cn(C)nc4cc3F)n(Cc3cc(F)c(F)c(C#N)c3)c2=O)c1. The van der Waals surface area contributed by atoms with Gasteiger partial charge in [0.05, 0.1) is 35.2 Å². The Morgan fingerprint density at radius 3 is 2.58 bits per heavy atom. The Balaban J connectivity index is 1.70. The summed E-state index contributed by atoms with van der Waals surface area (Å²) in [6, 6.07) is 7.58. The molecule has 0 radical (unpaired) electrons. The molecule has 0 aliphatic carbocycles. The lowest BCUT2D eigenvalue weighted by Gasteiger charge is -2.16. The van der Waals surface area contributed by atoms with Crippen molar-refractivity contribution in [1.29, 1.82) is 5.26 Å². The molecule has 0 fully saturated rings. The number of benzene rings is 2. The highest BCUT2D eigenvalue weighted by atomic mass is 19.2. The highest BCUT2D eigenvalue weighted by Gasteiger charge is 2.19. The number of rotatable bonds is 5. The molecule has 0 aliphatic heterocycles. The predicted molar refractivity (Wildman–Crippen MR) is 131 cm³/mol. The maximum Gasteiger partial charge on any atom is 0.359 e. The van der Waals surface area contributed by atoms with Gasteiger partial charge in [-0.3, -0.25) is 14.2 Å². The maximum absolute atomic E-state index is 14.9. The van der Waals surface area contributed by atoms with Crippen molar-refractivity contribution in [3.05, 3.63) is 104 Å². The lowest BCUT2D eigenvalue weighted by molar-refractivity contribution is 0.503. The summed E-state index contributed by atoms with van der Waals surface area (Å²) in [6.07, 6.45) is 4.46. The molecule has 0 saturated heterocycles. The second-order valence-corrected chi connectivity index (χ2v) is 8.51. The standard InChI is InChI=1S/C25H17F3N8O2/c1-13-3-17(10-30-9-13)36-24(37)32-23(31-21-6-16-12-34(2)33-20(16)7-18(21)26)35(25(36)38)11-14-4-15(8-29)22(28)19(27)5-14/h3-7,9-10,12H,11H2,1-2H3,(H,31,32,37). The van der Waals surface area contributed by atoms with Gasteiger partial charge in [-0.05, 0) is 42.3 Å². The van der Waals surface area contributed by atoms with Gasteiger partial charge in [-0.2, -0.15) is 15.3 Å². The Morgan fingerprint density at radius 1 is 1.05 bits per heavy atom. The van der Waals surface area contributed by atoms with Gasteiger partial charge in [0, 0.05) is 30.9 Å². The van der Waals surface area contributed by atoms with Gasteiger partial charge >= 0.3 is 11.4 Å². The van der Waals surface area contributed by atoms with Crippen LogP contribution in [0.1, 0.15) is 16.7 Å². The van der Waals surface area contributed by atoms with Crippen molar-refractivity contribution in [3.8, 4) is 11.8 Å². The third-order valence-corrected chi connectivity index (χ3v) is 5.69. The van der Waals surface area contributed by atoms with Crippen LogP contribution in [0.3, 0.4) is 0 Å². The first-order chi connectivity index (χ1) is 18.1. The highest BCUT2D eigenvalue weighted by molar-refractivity contribution is 5.83.